The van der Waals surface area contributed by atoms with Gasteiger partial charge in [-0.2, -0.15) is 0 Å². The van der Waals surface area contributed by atoms with Gasteiger partial charge in [-0.1, -0.05) is 11.6 Å². The molecule has 0 saturated heterocycles. The minimum absolute atomic E-state index is 0.509. The zero-order chi connectivity index (χ0) is 12.5. The average Bonchev–Trinajstić information content (AvgIpc) is 3.08. The number of hydrogen-bond acceptors (Lipinski definition) is 5. The molecule has 0 N–H and O–H groups in total. The summed E-state index contributed by atoms with van der Waals surface area (Å²) in [5.74, 6) is 2.25. The second kappa shape index (κ2) is 4.82. The third kappa shape index (κ3) is 2.62. The van der Waals surface area contributed by atoms with Crippen LogP contribution in [0.15, 0.2) is 17.0 Å². The molecule has 2 heterocycles. The Morgan fingerprint density at radius 2 is 2.28 bits per heavy atom. The first-order chi connectivity index (χ1) is 8.72. The Kier molecular flexibility index (Phi) is 3.18. The van der Waals surface area contributed by atoms with Gasteiger partial charge in [0.1, 0.15) is 16.8 Å². The number of thiazole rings is 1. The van der Waals surface area contributed by atoms with E-state index < -0.39 is 0 Å². The molecule has 0 bridgehead atoms. The molecular weight excluding hydrogens is 268 g/mol. The highest BCUT2D eigenvalue weighted by Gasteiger charge is 2.27. The van der Waals surface area contributed by atoms with E-state index in [1.54, 1.807) is 17.4 Å². The number of anilines is 1. The molecule has 1 aliphatic rings. The van der Waals surface area contributed by atoms with Gasteiger partial charge in [0, 0.05) is 24.4 Å². The third-order valence-corrected chi connectivity index (χ3v) is 3.74. The fourth-order valence-corrected chi connectivity index (χ4v) is 2.52. The molecule has 18 heavy (non-hydrogen) atoms. The Hall–Kier alpha value is -1.20. The van der Waals surface area contributed by atoms with Crippen LogP contribution < -0.4 is 4.90 Å². The zero-order valence-corrected chi connectivity index (χ0v) is 11.6. The summed E-state index contributed by atoms with van der Waals surface area (Å²) in [5, 5.41) is 2.56. The number of nitrogens with zero attached hydrogens (tertiary/aromatic N) is 4. The standard InChI is InChI=1S/C12H13ClN4S/c1-17(5-9-6-18-7-14-9)11-4-10(13)15-12(16-11)8-2-3-8/h4,6-8H,2-3,5H2,1H3. The van der Waals surface area contributed by atoms with Crippen molar-refractivity contribution >= 4 is 28.8 Å². The largest absolute Gasteiger partial charge is 0.354 e. The molecule has 1 aliphatic carbocycles. The molecule has 4 nitrogen and oxygen atoms in total. The minimum atomic E-state index is 0.509. The van der Waals surface area contributed by atoms with Gasteiger partial charge in [-0.25, -0.2) is 15.0 Å². The number of halogens is 1. The SMILES string of the molecule is CN(Cc1cscn1)c1cc(Cl)nc(C2CC2)n1. The molecule has 1 saturated carbocycles. The molecule has 0 amide bonds. The number of hydrogen-bond donors (Lipinski definition) is 0. The summed E-state index contributed by atoms with van der Waals surface area (Å²) >= 11 is 7.66. The summed E-state index contributed by atoms with van der Waals surface area (Å²) in [6.07, 6.45) is 2.35. The Bertz CT molecular complexity index is 539. The second-order valence-corrected chi connectivity index (χ2v) is 5.62. The van der Waals surface area contributed by atoms with E-state index in [2.05, 4.69) is 19.9 Å². The maximum absolute atomic E-state index is 6.06. The fourth-order valence-electron chi connectivity index (χ4n) is 1.78. The van der Waals surface area contributed by atoms with E-state index in [0.29, 0.717) is 11.1 Å². The normalized spacial score (nSPS) is 14.8. The first-order valence-corrected chi connectivity index (χ1v) is 7.17. The summed E-state index contributed by atoms with van der Waals surface area (Å²) < 4.78 is 0. The summed E-state index contributed by atoms with van der Waals surface area (Å²) in [5.41, 5.74) is 2.89. The van der Waals surface area contributed by atoms with Gasteiger partial charge in [-0.3, -0.25) is 0 Å². The van der Waals surface area contributed by atoms with Crippen molar-refractivity contribution in [2.24, 2.45) is 0 Å². The van der Waals surface area contributed by atoms with Gasteiger partial charge in [0.2, 0.25) is 0 Å². The van der Waals surface area contributed by atoms with Crippen molar-refractivity contribution in [2.75, 3.05) is 11.9 Å². The van der Waals surface area contributed by atoms with Gasteiger partial charge in [0.25, 0.3) is 0 Å². The smallest absolute Gasteiger partial charge is 0.135 e. The van der Waals surface area contributed by atoms with Crippen LogP contribution in [0, 0.1) is 0 Å². The number of rotatable bonds is 4. The van der Waals surface area contributed by atoms with Crippen molar-refractivity contribution in [3.05, 3.63) is 33.6 Å². The molecule has 0 aliphatic heterocycles. The monoisotopic (exact) mass is 280 g/mol. The summed E-state index contributed by atoms with van der Waals surface area (Å²) in [7, 11) is 1.99. The van der Waals surface area contributed by atoms with Gasteiger partial charge >= 0.3 is 0 Å². The molecule has 0 spiro atoms. The number of aromatic nitrogens is 3. The molecule has 0 atom stereocenters. The van der Waals surface area contributed by atoms with Crippen LogP contribution in [-0.4, -0.2) is 22.0 Å². The van der Waals surface area contributed by atoms with E-state index in [9.17, 15) is 0 Å². The van der Waals surface area contributed by atoms with Crippen molar-refractivity contribution in [2.45, 2.75) is 25.3 Å². The summed E-state index contributed by atoms with van der Waals surface area (Å²) in [6, 6.07) is 1.81. The van der Waals surface area contributed by atoms with Gasteiger partial charge in [-0.05, 0) is 12.8 Å². The van der Waals surface area contributed by atoms with Crippen LogP contribution in [-0.2, 0) is 6.54 Å². The van der Waals surface area contributed by atoms with Gasteiger partial charge in [0.05, 0.1) is 17.7 Å². The minimum Gasteiger partial charge on any atom is -0.354 e. The molecular formula is C12H13ClN4S. The van der Waals surface area contributed by atoms with Crippen molar-refractivity contribution in [3.63, 3.8) is 0 Å². The van der Waals surface area contributed by atoms with Crippen LogP contribution in [0.3, 0.4) is 0 Å². The van der Waals surface area contributed by atoms with Crippen LogP contribution in [0.1, 0.15) is 30.3 Å². The molecule has 0 radical (unpaired) electrons. The Morgan fingerprint density at radius 3 is 2.94 bits per heavy atom. The second-order valence-electron chi connectivity index (χ2n) is 4.52. The zero-order valence-electron chi connectivity index (χ0n) is 10.0. The molecule has 2 aromatic rings. The molecule has 1 fully saturated rings. The predicted octanol–water partition coefficient (Wildman–Crippen LogP) is 3.10. The lowest BCUT2D eigenvalue weighted by molar-refractivity contribution is 0.841. The van der Waals surface area contributed by atoms with Gasteiger partial charge < -0.3 is 4.90 Å². The third-order valence-electron chi connectivity index (χ3n) is 2.91. The van der Waals surface area contributed by atoms with E-state index in [1.807, 2.05) is 17.9 Å². The van der Waals surface area contributed by atoms with Crippen molar-refractivity contribution in [1.82, 2.24) is 15.0 Å². The van der Waals surface area contributed by atoms with Gasteiger partial charge in [0.15, 0.2) is 0 Å². The van der Waals surface area contributed by atoms with Crippen molar-refractivity contribution < 1.29 is 0 Å². The van der Waals surface area contributed by atoms with Crippen LogP contribution in [0.2, 0.25) is 5.15 Å². The van der Waals surface area contributed by atoms with Crippen LogP contribution in [0.5, 0.6) is 0 Å². The van der Waals surface area contributed by atoms with E-state index in [4.69, 9.17) is 11.6 Å². The predicted molar refractivity (Wildman–Crippen MR) is 73.2 cm³/mol. The highest BCUT2D eigenvalue weighted by atomic mass is 35.5. The van der Waals surface area contributed by atoms with Crippen LogP contribution in [0.25, 0.3) is 0 Å². The Morgan fingerprint density at radius 1 is 1.44 bits per heavy atom. The molecule has 94 valence electrons. The lowest BCUT2D eigenvalue weighted by Crippen LogP contribution is -2.18. The van der Waals surface area contributed by atoms with Crippen molar-refractivity contribution in [3.8, 4) is 0 Å². The molecule has 2 aromatic heterocycles. The Labute approximate surface area is 115 Å². The summed E-state index contributed by atoms with van der Waals surface area (Å²) in [4.78, 5) is 15.2. The first kappa shape index (κ1) is 11.9. The average molecular weight is 281 g/mol. The Balaban J connectivity index is 1.81. The maximum Gasteiger partial charge on any atom is 0.135 e. The van der Waals surface area contributed by atoms with E-state index in [0.717, 1.165) is 23.9 Å². The first-order valence-electron chi connectivity index (χ1n) is 5.85. The van der Waals surface area contributed by atoms with Crippen molar-refractivity contribution in [1.29, 1.82) is 0 Å². The molecule has 6 heteroatoms. The van der Waals surface area contributed by atoms with E-state index >= 15 is 0 Å². The van der Waals surface area contributed by atoms with E-state index in [1.165, 1.54) is 12.8 Å². The van der Waals surface area contributed by atoms with E-state index in [-0.39, 0.29) is 0 Å². The van der Waals surface area contributed by atoms with Crippen LogP contribution in [0.4, 0.5) is 5.82 Å². The highest BCUT2D eigenvalue weighted by Crippen LogP contribution is 2.39. The topological polar surface area (TPSA) is 41.9 Å². The highest BCUT2D eigenvalue weighted by molar-refractivity contribution is 7.07. The molecule has 3 rings (SSSR count). The fraction of sp³-hybridized carbons (Fsp3) is 0.417. The maximum atomic E-state index is 6.06. The van der Waals surface area contributed by atoms with Crippen LogP contribution >= 0.6 is 22.9 Å². The van der Waals surface area contributed by atoms with Gasteiger partial charge in [-0.15, -0.1) is 11.3 Å². The summed E-state index contributed by atoms with van der Waals surface area (Å²) in [6.45, 7) is 0.737. The molecule has 0 aromatic carbocycles. The molecule has 0 unspecified atom stereocenters. The quantitative estimate of drug-likeness (QED) is 0.807. The lowest BCUT2D eigenvalue weighted by atomic mass is 10.3. The lowest BCUT2D eigenvalue weighted by Gasteiger charge is -2.17.